The quantitative estimate of drug-likeness (QED) is 0.481. The van der Waals surface area contributed by atoms with E-state index in [-0.39, 0.29) is 21.5 Å². The van der Waals surface area contributed by atoms with Crippen LogP contribution >= 0.6 is 0 Å². The van der Waals surface area contributed by atoms with Gasteiger partial charge in [-0.1, -0.05) is 6.07 Å². The van der Waals surface area contributed by atoms with E-state index in [2.05, 4.69) is 20.4 Å². The number of primary sulfonamides is 1. The minimum absolute atomic E-state index is 0.0936. The van der Waals surface area contributed by atoms with Crippen molar-refractivity contribution in [2.75, 3.05) is 17.2 Å². The van der Waals surface area contributed by atoms with Gasteiger partial charge < -0.3 is 10.2 Å². The van der Waals surface area contributed by atoms with Gasteiger partial charge in [-0.15, -0.1) is 0 Å². The number of rotatable bonds is 5. The molecule has 2 aromatic heterocycles. The molecule has 4 aromatic rings. The SMILES string of the molecule is [2H]c1nc(Nc2ccc(C)c(S(N)(=O)=O)c2)nc(N(c2c([2H])c([2H])c3c(C([2H])([2H])[2H])n(C)nc3c2[2H])C([2H])([2H])[2H])c1[2H]. The van der Waals surface area contributed by atoms with Crippen LogP contribution in [-0.2, 0) is 17.1 Å². The van der Waals surface area contributed by atoms with Crippen LogP contribution in [0.25, 0.3) is 10.9 Å². The van der Waals surface area contributed by atoms with E-state index in [1.807, 2.05) is 0 Å². The molecule has 10 heteroatoms. The highest BCUT2D eigenvalue weighted by Gasteiger charge is 2.14. The van der Waals surface area contributed by atoms with E-state index in [0.717, 1.165) is 4.68 Å². The van der Waals surface area contributed by atoms with Crippen molar-refractivity contribution in [2.45, 2.75) is 18.7 Å². The monoisotopic (exact) mass is 448 g/mol. The minimum atomic E-state index is -4.12. The largest absolute Gasteiger partial charge is 0.329 e. The van der Waals surface area contributed by atoms with Crippen LogP contribution in [-0.4, -0.2) is 35.1 Å². The molecule has 3 N–H and O–H groups in total. The van der Waals surface area contributed by atoms with Crippen molar-refractivity contribution in [1.82, 2.24) is 19.7 Å². The maximum Gasteiger partial charge on any atom is 0.238 e. The number of aromatic nitrogens is 4. The van der Waals surface area contributed by atoms with Crippen LogP contribution in [0.3, 0.4) is 0 Å². The Morgan fingerprint density at radius 1 is 1.29 bits per heavy atom. The van der Waals surface area contributed by atoms with E-state index in [9.17, 15) is 8.42 Å². The highest BCUT2D eigenvalue weighted by molar-refractivity contribution is 7.89. The molecule has 31 heavy (non-hydrogen) atoms. The summed E-state index contributed by atoms with van der Waals surface area (Å²) in [5.74, 6) is -1.18. The van der Waals surface area contributed by atoms with Crippen molar-refractivity contribution in [1.29, 1.82) is 0 Å². The summed E-state index contributed by atoms with van der Waals surface area (Å²) in [6, 6.07) is 0.954. The van der Waals surface area contributed by atoms with Crippen LogP contribution in [0.4, 0.5) is 23.1 Å². The van der Waals surface area contributed by atoms with Crippen LogP contribution in [0, 0.1) is 13.8 Å². The zero-order chi connectivity index (χ0) is 31.7. The highest BCUT2D eigenvalue weighted by atomic mass is 32.2. The van der Waals surface area contributed by atoms with Crippen molar-refractivity contribution in [3.63, 3.8) is 0 Å². The average molecular weight is 449 g/mol. The second-order valence-corrected chi connectivity index (χ2v) is 8.04. The summed E-state index contributed by atoms with van der Waals surface area (Å²) < 4.78 is 115. The second kappa shape index (κ2) is 7.64. The molecule has 0 aliphatic carbocycles. The smallest absolute Gasteiger partial charge is 0.238 e. The third kappa shape index (κ3) is 4.07. The van der Waals surface area contributed by atoms with Gasteiger partial charge in [0.2, 0.25) is 16.0 Å². The highest BCUT2D eigenvalue weighted by Crippen LogP contribution is 2.28. The number of nitrogens with one attached hydrogen (secondary N) is 1. The third-order valence-electron chi connectivity index (χ3n) is 4.32. The molecule has 0 spiro atoms. The summed E-state index contributed by atoms with van der Waals surface area (Å²) in [6.07, 6.45) is -0.761. The van der Waals surface area contributed by atoms with Gasteiger partial charge in [-0.2, -0.15) is 10.1 Å². The molecule has 9 nitrogen and oxygen atoms in total. The fourth-order valence-electron chi connectivity index (χ4n) is 2.77. The van der Waals surface area contributed by atoms with Crippen LogP contribution < -0.4 is 15.4 Å². The summed E-state index contributed by atoms with van der Waals surface area (Å²) in [4.78, 5) is 7.99. The predicted octanol–water partition coefficient (Wildman–Crippen LogP) is 3.14. The van der Waals surface area contributed by atoms with Gasteiger partial charge in [0.15, 0.2) is 0 Å². The lowest BCUT2D eigenvalue weighted by Gasteiger charge is -2.19. The van der Waals surface area contributed by atoms with Gasteiger partial charge in [-0.05, 0) is 55.6 Å². The van der Waals surface area contributed by atoms with Crippen molar-refractivity contribution in [3.8, 4) is 0 Å². The maximum atomic E-state index is 11.9. The fraction of sp³-hybridized carbons (Fsp3) is 0.190. The topological polar surface area (TPSA) is 119 Å². The lowest BCUT2D eigenvalue weighted by molar-refractivity contribution is 0.597. The molecule has 0 saturated carbocycles. The first-order valence-electron chi connectivity index (χ1n) is 14.2. The Morgan fingerprint density at radius 3 is 2.87 bits per heavy atom. The molecule has 0 amide bonds. The molecule has 0 unspecified atom stereocenters. The van der Waals surface area contributed by atoms with Gasteiger partial charge in [-0.25, -0.2) is 18.5 Å². The summed E-state index contributed by atoms with van der Waals surface area (Å²) in [6.45, 7) is -4.50. The second-order valence-electron chi connectivity index (χ2n) is 6.51. The van der Waals surface area contributed by atoms with Crippen molar-refractivity contribution >= 4 is 44.1 Å². The van der Waals surface area contributed by atoms with Crippen molar-refractivity contribution in [3.05, 3.63) is 59.8 Å². The molecule has 160 valence electrons. The molecule has 2 aromatic carbocycles. The number of hydrogen-bond acceptors (Lipinski definition) is 7. The molecule has 0 bridgehead atoms. The van der Waals surface area contributed by atoms with Gasteiger partial charge in [0, 0.05) is 50.9 Å². The normalized spacial score (nSPS) is 17.6. The molecule has 2 heterocycles. The van der Waals surface area contributed by atoms with Crippen molar-refractivity contribution in [2.24, 2.45) is 12.2 Å². The summed E-state index contributed by atoms with van der Waals surface area (Å²) in [5, 5.41) is 11.6. The zero-order valence-electron chi connectivity index (χ0n) is 27.3. The first kappa shape index (κ1) is 11.2. The van der Waals surface area contributed by atoms with Crippen LogP contribution in [0.15, 0.2) is 53.4 Å². The number of sulfonamides is 1. The number of fused-ring (bicyclic) bond motifs is 1. The summed E-state index contributed by atoms with van der Waals surface area (Å²) in [5.41, 5.74) is -1.08. The lowest BCUT2D eigenvalue weighted by Crippen LogP contribution is -2.14. The Morgan fingerprint density at radius 2 is 2.13 bits per heavy atom. The zero-order valence-corrected chi connectivity index (χ0v) is 17.1. The van der Waals surface area contributed by atoms with Gasteiger partial charge in [0.25, 0.3) is 0 Å². The van der Waals surface area contributed by atoms with Crippen molar-refractivity contribution < 1.29 is 23.5 Å². The maximum absolute atomic E-state index is 11.9. The predicted molar refractivity (Wildman–Crippen MR) is 121 cm³/mol. The molecule has 0 radical (unpaired) electrons. The molecule has 0 saturated heterocycles. The van der Waals surface area contributed by atoms with Crippen LogP contribution in [0.2, 0.25) is 0 Å². The van der Waals surface area contributed by atoms with E-state index < -0.39 is 77.3 Å². The summed E-state index contributed by atoms with van der Waals surface area (Å²) >= 11 is 0. The van der Waals surface area contributed by atoms with E-state index in [0.29, 0.717) is 10.5 Å². The molecule has 0 aliphatic heterocycles. The van der Waals surface area contributed by atoms with Gasteiger partial charge >= 0.3 is 0 Å². The summed E-state index contributed by atoms with van der Waals surface area (Å²) in [7, 11) is -2.84. The Bertz CT molecular complexity index is 1850. The van der Waals surface area contributed by atoms with Crippen LogP contribution in [0.5, 0.6) is 0 Å². The number of nitrogens with two attached hydrogens (primary N) is 1. The average Bonchev–Trinajstić information content (AvgIpc) is 3.20. The molecular weight excluding hydrogens is 414 g/mol. The van der Waals surface area contributed by atoms with E-state index >= 15 is 0 Å². The number of nitrogens with zero attached hydrogens (tertiary/aromatic N) is 5. The standard InChI is InChI=1S/C21H23N7O2S/c1-13-5-6-15(11-19(13)31(22,29)30)24-21-23-10-9-20(25-21)27(3)16-7-8-17-14(2)28(4)26-18(17)12-16/h5-12H,1-4H3,(H2,22,29,30)(H,23,24,25)/i2D3,3D3,7D,8D,9D,10D,12D. The number of hydrogen-bond donors (Lipinski definition) is 2. The van der Waals surface area contributed by atoms with Gasteiger partial charge in [-0.3, -0.25) is 4.68 Å². The van der Waals surface area contributed by atoms with E-state index in [4.69, 9.17) is 20.2 Å². The molecule has 0 atom stereocenters. The number of benzene rings is 2. The first-order valence-corrected chi connectivity index (χ1v) is 10.2. The first-order chi connectivity index (χ1) is 19.1. The molecule has 0 aliphatic rings. The van der Waals surface area contributed by atoms with Crippen LogP contribution in [0.1, 0.15) is 26.3 Å². The van der Waals surface area contributed by atoms with E-state index in [1.165, 1.54) is 32.2 Å². The number of aryl methyl sites for hydroxylation is 3. The minimum Gasteiger partial charge on any atom is -0.329 e. The van der Waals surface area contributed by atoms with E-state index in [1.54, 1.807) is 0 Å². The Labute approximate surface area is 196 Å². The molecular formula is C21H23N7O2S. The Kier molecular flexibility index (Phi) is 2.76. The Balaban J connectivity index is 1.97. The number of anilines is 4. The molecule has 4 rings (SSSR count). The van der Waals surface area contributed by atoms with Gasteiger partial charge in [0.1, 0.15) is 5.82 Å². The third-order valence-corrected chi connectivity index (χ3v) is 5.37. The Hall–Kier alpha value is -3.50. The fourth-order valence-corrected chi connectivity index (χ4v) is 3.58. The van der Waals surface area contributed by atoms with Gasteiger partial charge in [0.05, 0.1) is 17.3 Å². The lowest BCUT2D eigenvalue weighted by atomic mass is 10.2. The molecule has 0 fully saturated rings.